The van der Waals surface area contributed by atoms with Crippen molar-refractivity contribution in [3.8, 4) is 0 Å². The third-order valence-corrected chi connectivity index (χ3v) is 7.51. The maximum absolute atomic E-state index is 12.7. The van der Waals surface area contributed by atoms with Crippen molar-refractivity contribution in [2.75, 3.05) is 50.0 Å². The van der Waals surface area contributed by atoms with Gasteiger partial charge < -0.3 is 9.64 Å². The van der Waals surface area contributed by atoms with E-state index in [2.05, 4.69) is 16.5 Å². The molecule has 0 aliphatic carbocycles. The molecule has 1 aromatic rings. The van der Waals surface area contributed by atoms with E-state index >= 15 is 0 Å². The number of nitrogens with zero attached hydrogens (tertiary/aromatic N) is 2. The number of nitrogens with one attached hydrogen (secondary N) is 1. The van der Waals surface area contributed by atoms with Crippen LogP contribution in [0.25, 0.3) is 0 Å². The average molecular weight is 414 g/mol. The highest BCUT2D eigenvalue weighted by Gasteiger charge is 2.24. The summed E-state index contributed by atoms with van der Waals surface area (Å²) in [7, 11) is -3.61. The van der Waals surface area contributed by atoms with Gasteiger partial charge in [-0.15, -0.1) is 11.8 Å². The first-order valence-electron chi connectivity index (χ1n) is 9.25. The minimum absolute atomic E-state index is 0.0709. The third-order valence-electron chi connectivity index (χ3n) is 5.01. The second-order valence-corrected chi connectivity index (χ2v) is 9.74. The molecule has 1 aromatic carbocycles. The van der Waals surface area contributed by atoms with Crippen LogP contribution in [0.5, 0.6) is 0 Å². The first-order valence-corrected chi connectivity index (χ1v) is 11.7. The average Bonchev–Trinajstić information content (AvgIpc) is 2.67. The van der Waals surface area contributed by atoms with Crippen LogP contribution in [0.2, 0.25) is 0 Å². The molecule has 1 amide bonds. The fourth-order valence-electron chi connectivity index (χ4n) is 3.38. The molecule has 150 valence electrons. The molecule has 1 N–H and O–H groups in total. The number of hydrogen-bond donors (Lipinski definition) is 1. The number of sulfonamides is 1. The van der Waals surface area contributed by atoms with Gasteiger partial charge in [-0.05, 0) is 31.5 Å². The molecule has 7 nitrogen and oxygen atoms in total. The van der Waals surface area contributed by atoms with E-state index in [-0.39, 0.29) is 10.8 Å². The largest absolute Gasteiger partial charge is 0.379 e. The molecule has 1 atom stereocenters. The number of amides is 1. The summed E-state index contributed by atoms with van der Waals surface area (Å²) in [6, 6.07) is 5.31. The topological polar surface area (TPSA) is 79.0 Å². The van der Waals surface area contributed by atoms with E-state index in [4.69, 9.17) is 4.74 Å². The third kappa shape index (κ3) is 5.03. The van der Waals surface area contributed by atoms with E-state index < -0.39 is 10.0 Å². The lowest BCUT2D eigenvalue weighted by Crippen LogP contribution is -2.43. The first kappa shape index (κ1) is 20.6. The molecule has 1 saturated heterocycles. The highest BCUT2D eigenvalue weighted by Crippen LogP contribution is 2.36. The van der Waals surface area contributed by atoms with E-state index in [9.17, 15) is 13.2 Å². The fourth-order valence-corrected chi connectivity index (χ4v) is 5.42. The quantitative estimate of drug-likeness (QED) is 0.762. The smallest absolute Gasteiger partial charge is 0.240 e. The van der Waals surface area contributed by atoms with E-state index in [1.807, 2.05) is 0 Å². The van der Waals surface area contributed by atoms with Gasteiger partial charge in [0.15, 0.2) is 0 Å². The summed E-state index contributed by atoms with van der Waals surface area (Å²) in [6.45, 7) is 7.83. The molecule has 9 heteroatoms. The van der Waals surface area contributed by atoms with Crippen LogP contribution in [0.1, 0.15) is 20.3 Å². The minimum Gasteiger partial charge on any atom is -0.379 e. The highest BCUT2D eigenvalue weighted by atomic mass is 32.2. The number of hydrogen-bond acceptors (Lipinski definition) is 6. The molecular weight excluding hydrogens is 386 g/mol. The normalized spacial score (nSPS) is 19.6. The first-order chi connectivity index (χ1) is 12.9. The summed E-state index contributed by atoms with van der Waals surface area (Å²) in [4.78, 5) is 17.0. The Morgan fingerprint density at radius 3 is 2.74 bits per heavy atom. The molecule has 0 saturated carbocycles. The van der Waals surface area contributed by atoms with Crippen molar-refractivity contribution < 1.29 is 17.9 Å². The van der Waals surface area contributed by atoms with E-state index in [1.165, 1.54) is 6.92 Å². The van der Waals surface area contributed by atoms with Gasteiger partial charge in [0.05, 0.1) is 23.8 Å². The number of carbonyl (C=O) groups is 1. The van der Waals surface area contributed by atoms with Gasteiger partial charge in [0, 0.05) is 49.8 Å². The zero-order valence-corrected chi connectivity index (χ0v) is 17.4. The predicted octanol–water partition coefficient (Wildman–Crippen LogP) is 1.53. The number of thioether (sulfide) groups is 1. The molecule has 2 heterocycles. The van der Waals surface area contributed by atoms with Gasteiger partial charge >= 0.3 is 0 Å². The Balaban J connectivity index is 1.64. The number of morpholine rings is 1. The second-order valence-electron chi connectivity index (χ2n) is 6.83. The van der Waals surface area contributed by atoms with E-state index in [0.29, 0.717) is 24.8 Å². The van der Waals surface area contributed by atoms with Crippen molar-refractivity contribution in [3.05, 3.63) is 18.2 Å². The van der Waals surface area contributed by atoms with Crippen molar-refractivity contribution in [1.29, 1.82) is 0 Å². The van der Waals surface area contributed by atoms with Crippen molar-refractivity contribution in [2.45, 2.75) is 36.1 Å². The Kier molecular flexibility index (Phi) is 6.80. The SMILES string of the molecule is CC(=O)N1CCSc2ccc(S(=O)(=O)NCC[C@H](C)N3CCOCC3)cc21. The second kappa shape index (κ2) is 8.91. The van der Waals surface area contributed by atoms with Crippen molar-refractivity contribution in [3.63, 3.8) is 0 Å². The van der Waals surface area contributed by atoms with Gasteiger partial charge in [-0.2, -0.15) is 0 Å². The van der Waals surface area contributed by atoms with Crippen LogP contribution < -0.4 is 9.62 Å². The lowest BCUT2D eigenvalue weighted by atomic mass is 10.2. The highest BCUT2D eigenvalue weighted by molar-refractivity contribution is 7.99. The molecule has 3 rings (SSSR count). The van der Waals surface area contributed by atoms with Crippen molar-refractivity contribution in [2.24, 2.45) is 0 Å². The molecule has 27 heavy (non-hydrogen) atoms. The fraction of sp³-hybridized carbons (Fsp3) is 0.611. The number of anilines is 1. The van der Waals surface area contributed by atoms with Crippen LogP contribution in [0.15, 0.2) is 28.0 Å². The molecular formula is C18H27N3O4S2. The predicted molar refractivity (Wildman–Crippen MR) is 107 cm³/mol. The molecule has 2 aliphatic heterocycles. The lowest BCUT2D eigenvalue weighted by Gasteiger charge is -2.32. The zero-order chi connectivity index (χ0) is 19.4. The zero-order valence-electron chi connectivity index (χ0n) is 15.8. The Labute approximate surface area is 165 Å². The van der Waals surface area contributed by atoms with Gasteiger partial charge in [-0.1, -0.05) is 0 Å². The maximum atomic E-state index is 12.7. The van der Waals surface area contributed by atoms with Crippen LogP contribution in [0.3, 0.4) is 0 Å². The number of ether oxygens (including phenoxy) is 1. The molecule has 0 bridgehead atoms. The molecule has 0 spiro atoms. The monoisotopic (exact) mass is 413 g/mol. The van der Waals surface area contributed by atoms with Crippen molar-refractivity contribution >= 4 is 33.4 Å². The van der Waals surface area contributed by atoms with Crippen molar-refractivity contribution in [1.82, 2.24) is 9.62 Å². The van der Waals surface area contributed by atoms with Crippen LogP contribution in [0.4, 0.5) is 5.69 Å². The van der Waals surface area contributed by atoms with Gasteiger partial charge in [0.2, 0.25) is 15.9 Å². The van der Waals surface area contributed by atoms with Crippen LogP contribution in [-0.4, -0.2) is 70.4 Å². The maximum Gasteiger partial charge on any atom is 0.240 e. The number of benzene rings is 1. The molecule has 0 aromatic heterocycles. The molecule has 0 unspecified atom stereocenters. The summed E-state index contributed by atoms with van der Waals surface area (Å²) < 4.78 is 33.4. The minimum atomic E-state index is -3.61. The van der Waals surface area contributed by atoms with Crippen LogP contribution in [-0.2, 0) is 19.6 Å². The van der Waals surface area contributed by atoms with Gasteiger partial charge in [-0.3, -0.25) is 9.69 Å². The van der Waals surface area contributed by atoms with E-state index in [0.717, 1.165) is 43.4 Å². The summed E-state index contributed by atoms with van der Waals surface area (Å²) in [5.74, 6) is 0.745. The Bertz CT molecular complexity index is 779. The Hall–Kier alpha value is -1.13. The molecule has 2 aliphatic rings. The lowest BCUT2D eigenvalue weighted by molar-refractivity contribution is -0.116. The summed E-state index contributed by atoms with van der Waals surface area (Å²) in [6.07, 6.45) is 0.736. The van der Waals surface area contributed by atoms with Gasteiger partial charge in [-0.25, -0.2) is 13.1 Å². The van der Waals surface area contributed by atoms with Gasteiger partial charge in [0.25, 0.3) is 0 Å². The Morgan fingerprint density at radius 1 is 1.30 bits per heavy atom. The number of fused-ring (bicyclic) bond motifs is 1. The summed E-state index contributed by atoms with van der Waals surface area (Å²) in [5, 5.41) is 0. The molecule has 1 fully saturated rings. The Morgan fingerprint density at radius 2 is 2.04 bits per heavy atom. The summed E-state index contributed by atoms with van der Waals surface area (Å²) >= 11 is 1.64. The standard InChI is InChI=1S/C18H27N3O4S2/c1-14(20-7-10-25-11-8-20)5-6-19-27(23,24)16-3-4-18-17(13-16)21(15(2)22)9-12-26-18/h3-4,13-14,19H,5-12H2,1-2H3/t14-/m0/s1. The van der Waals surface area contributed by atoms with Gasteiger partial charge in [0.1, 0.15) is 0 Å². The summed E-state index contributed by atoms with van der Waals surface area (Å²) in [5.41, 5.74) is 0.684. The van der Waals surface area contributed by atoms with Crippen LogP contribution >= 0.6 is 11.8 Å². The van der Waals surface area contributed by atoms with E-state index in [1.54, 1.807) is 34.9 Å². The van der Waals surface area contributed by atoms with Crippen LogP contribution in [0, 0.1) is 0 Å². The number of carbonyl (C=O) groups excluding carboxylic acids is 1. The molecule has 0 radical (unpaired) electrons. The number of rotatable bonds is 6.